The minimum atomic E-state index is -4.77. The highest BCUT2D eigenvalue weighted by Crippen LogP contribution is 2.26. The molecule has 0 saturated carbocycles. The third kappa shape index (κ3) is 3.78. The van der Waals surface area contributed by atoms with Crippen LogP contribution in [0.5, 0.6) is 5.75 Å². The van der Waals surface area contributed by atoms with Gasteiger partial charge in [-0.2, -0.15) is 0 Å². The predicted octanol–water partition coefficient (Wildman–Crippen LogP) is 3.11. The molecule has 4 nitrogen and oxygen atoms in total. The van der Waals surface area contributed by atoms with Crippen molar-refractivity contribution in [3.05, 3.63) is 54.0 Å². The number of furan rings is 1. The van der Waals surface area contributed by atoms with Gasteiger partial charge in [-0.05, 0) is 12.1 Å². The van der Waals surface area contributed by atoms with Gasteiger partial charge in [0.25, 0.3) is 5.91 Å². The molecule has 0 aliphatic carbocycles. The number of rotatable bonds is 4. The lowest BCUT2D eigenvalue weighted by atomic mass is 10.2. The van der Waals surface area contributed by atoms with Crippen molar-refractivity contribution in [1.82, 2.24) is 5.32 Å². The van der Waals surface area contributed by atoms with Crippen molar-refractivity contribution in [1.29, 1.82) is 0 Å². The Bertz CT molecular complexity index is 579. The third-order valence-corrected chi connectivity index (χ3v) is 2.42. The predicted molar refractivity (Wildman–Crippen MR) is 63.0 cm³/mol. The molecule has 1 amide bonds. The van der Waals surface area contributed by atoms with Gasteiger partial charge in [0.1, 0.15) is 12.0 Å². The Hall–Kier alpha value is -2.44. The number of halogens is 3. The van der Waals surface area contributed by atoms with Gasteiger partial charge in [-0.25, -0.2) is 0 Å². The fraction of sp³-hybridized carbons (Fsp3) is 0.154. The fourth-order valence-corrected chi connectivity index (χ4v) is 1.55. The molecule has 0 aliphatic rings. The SMILES string of the molecule is O=C(NCc1ccccc1OC(F)(F)F)c1ccoc1. The highest BCUT2D eigenvalue weighted by atomic mass is 19.4. The number of amides is 1. The van der Waals surface area contributed by atoms with Crippen LogP contribution in [0.15, 0.2) is 47.3 Å². The number of carbonyl (C=O) groups is 1. The van der Waals surface area contributed by atoms with Crippen molar-refractivity contribution < 1.29 is 27.1 Å². The summed E-state index contributed by atoms with van der Waals surface area (Å²) in [6, 6.07) is 7.06. The van der Waals surface area contributed by atoms with E-state index in [-0.39, 0.29) is 17.9 Å². The van der Waals surface area contributed by atoms with Gasteiger partial charge in [-0.1, -0.05) is 18.2 Å². The standard InChI is InChI=1S/C13H10F3NO3/c14-13(15,16)20-11-4-2-1-3-9(11)7-17-12(18)10-5-6-19-8-10/h1-6,8H,7H2,(H,17,18). The van der Waals surface area contributed by atoms with Crippen LogP contribution in [0.4, 0.5) is 13.2 Å². The second-order valence-electron chi connectivity index (χ2n) is 3.85. The highest BCUT2D eigenvalue weighted by Gasteiger charge is 2.31. The Morgan fingerprint density at radius 3 is 2.65 bits per heavy atom. The van der Waals surface area contributed by atoms with Crippen LogP contribution in [0.2, 0.25) is 0 Å². The van der Waals surface area contributed by atoms with Crippen LogP contribution in [0.3, 0.4) is 0 Å². The summed E-state index contributed by atoms with van der Waals surface area (Å²) in [5, 5.41) is 2.48. The van der Waals surface area contributed by atoms with E-state index in [1.54, 1.807) is 6.07 Å². The maximum absolute atomic E-state index is 12.2. The van der Waals surface area contributed by atoms with E-state index in [4.69, 9.17) is 4.42 Å². The van der Waals surface area contributed by atoms with Crippen molar-refractivity contribution in [2.75, 3.05) is 0 Å². The number of hydrogen-bond donors (Lipinski definition) is 1. The average Bonchev–Trinajstić information content (AvgIpc) is 2.89. The first-order chi connectivity index (χ1) is 9.46. The molecule has 1 aromatic carbocycles. The zero-order chi connectivity index (χ0) is 14.6. The molecule has 2 rings (SSSR count). The van der Waals surface area contributed by atoms with Gasteiger partial charge in [-0.3, -0.25) is 4.79 Å². The van der Waals surface area contributed by atoms with Crippen LogP contribution in [0, 0.1) is 0 Å². The van der Waals surface area contributed by atoms with E-state index in [0.717, 1.165) is 0 Å². The Morgan fingerprint density at radius 2 is 2.00 bits per heavy atom. The van der Waals surface area contributed by atoms with Crippen molar-refractivity contribution in [3.8, 4) is 5.75 Å². The molecule has 0 radical (unpaired) electrons. The zero-order valence-electron chi connectivity index (χ0n) is 10.1. The van der Waals surface area contributed by atoms with Crippen LogP contribution < -0.4 is 10.1 Å². The summed E-state index contributed by atoms with van der Waals surface area (Å²) in [5.74, 6) is -0.784. The molecule has 1 heterocycles. The molecule has 7 heteroatoms. The van der Waals surface area contributed by atoms with Crippen molar-refractivity contribution in [3.63, 3.8) is 0 Å². The first-order valence-corrected chi connectivity index (χ1v) is 5.60. The molecule has 0 spiro atoms. The van der Waals surface area contributed by atoms with Crippen molar-refractivity contribution in [2.24, 2.45) is 0 Å². The first kappa shape index (κ1) is 14.0. The number of hydrogen-bond acceptors (Lipinski definition) is 3. The number of nitrogens with one attached hydrogen (secondary N) is 1. The van der Waals surface area contributed by atoms with Gasteiger partial charge in [0, 0.05) is 12.1 Å². The molecule has 1 aromatic heterocycles. The van der Waals surface area contributed by atoms with Gasteiger partial charge in [0.2, 0.25) is 0 Å². The Balaban J connectivity index is 2.04. The summed E-state index contributed by atoms with van der Waals surface area (Å²) >= 11 is 0. The van der Waals surface area contributed by atoms with Gasteiger partial charge in [0.05, 0.1) is 11.8 Å². The Morgan fingerprint density at radius 1 is 1.25 bits per heavy atom. The van der Waals surface area contributed by atoms with Crippen LogP contribution >= 0.6 is 0 Å². The Kier molecular flexibility index (Phi) is 3.97. The highest BCUT2D eigenvalue weighted by molar-refractivity contribution is 5.93. The Labute approximate surface area is 112 Å². The quantitative estimate of drug-likeness (QED) is 0.939. The van der Waals surface area contributed by atoms with E-state index >= 15 is 0 Å². The smallest absolute Gasteiger partial charge is 0.472 e. The molecule has 20 heavy (non-hydrogen) atoms. The number of para-hydroxylation sites is 1. The molecule has 0 bridgehead atoms. The molecule has 106 valence electrons. The molecule has 0 fully saturated rings. The molecule has 0 atom stereocenters. The minimum Gasteiger partial charge on any atom is -0.472 e. The maximum Gasteiger partial charge on any atom is 0.573 e. The molecular formula is C13H10F3NO3. The number of carbonyl (C=O) groups excluding carboxylic acids is 1. The molecule has 0 aliphatic heterocycles. The van der Waals surface area contributed by atoms with Gasteiger partial charge in [0.15, 0.2) is 0 Å². The van der Waals surface area contributed by atoms with E-state index in [2.05, 4.69) is 10.1 Å². The summed E-state index contributed by atoms with van der Waals surface area (Å²) in [7, 11) is 0. The van der Waals surface area contributed by atoms with E-state index in [9.17, 15) is 18.0 Å². The molecule has 2 aromatic rings. The third-order valence-electron chi connectivity index (χ3n) is 2.42. The second kappa shape index (κ2) is 5.68. The van der Waals surface area contributed by atoms with E-state index < -0.39 is 12.3 Å². The van der Waals surface area contributed by atoms with Crippen molar-refractivity contribution >= 4 is 5.91 Å². The number of alkyl halides is 3. The molecular weight excluding hydrogens is 275 g/mol. The first-order valence-electron chi connectivity index (χ1n) is 5.60. The summed E-state index contributed by atoms with van der Waals surface area (Å²) in [6.07, 6.45) is -2.20. The topological polar surface area (TPSA) is 51.5 Å². The summed E-state index contributed by atoms with van der Waals surface area (Å²) in [4.78, 5) is 11.6. The van der Waals surface area contributed by atoms with E-state index in [1.165, 1.54) is 36.8 Å². The monoisotopic (exact) mass is 285 g/mol. The van der Waals surface area contributed by atoms with E-state index in [0.29, 0.717) is 5.56 Å². The van der Waals surface area contributed by atoms with Gasteiger partial charge >= 0.3 is 6.36 Å². The van der Waals surface area contributed by atoms with Crippen LogP contribution in [0.25, 0.3) is 0 Å². The van der Waals surface area contributed by atoms with Crippen molar-refractivity contribution in [2.45, 2.75) is 12.9 Å². The second-order valence-corrected chi connectivity index (χ2v) is 3.85. The van der Waals surface area contributed by atoms with E-state index in [1.807, 2.05) is 0 Å². The molecule has 0 unspecified atom stereocenters. The normalized spacial score (nSPS) is 11.2. The number of ether oxygens (including phenoxy) is 1. The van der Waals surface area contributed by atoms with Crippen LogP contribution in [0.1, 0.15) is 15.9 Å². The lowest BCUT2D eigenvalue weighted by Gasteiger charge is -2.13. The van der Waals surface area contributed by atoms with Crippen LogP contribution in [-0.4, -0.2) is 12.3 Å². The molecule has 0 saturated heterocycles. The lowest BCUT2D eigenvalue weighted by Crippen LogP contribution is -2.24. The lowest BCUT2D eigenvalue weighted by molar-refractivity contribution is -0.274. The maximum atomic E-state index is 12.2. The zero-order valence-corrected chi connectivity index (χ0v) is 10.1. The number of benzene rings is 1. The summed E-state index contributed by atoms with van der Waals surface area (Å²) in [6.45, 7) is -0.0870. The van der Waals surface area contributed by atoms with Gasteiger partial charge < -0.3 is 14.5 Å². The minimum absolute atomic E-state index is 0.0870. The largest absolute Gasteiger partial charge is 0.573 e. The van der Waals surface area contributed by atoms with Crippen LogP contribution in [-0.2, 0) is 6.54 Å². The average molecular weight is 285 g/mol. The summed E-state index contributed by atoms with van der Waals surface area (Å²) < 4.78 is 45.3. The molecule has 1 N–H and O–H groups in total. The summed E-state index contributed by atoms with van der Waals surface area (Å²) in [5.41, 5.74) is 0.515. The van der Waals surface area contributed by atoms with Gasteiger partial charge in [-0.15, -0.1) is 13.2 Å². The fourth-order valence-electron chi connectivity index (χ4n) is 1.55.